The lowest BCUT2D eigenvalue weighted by atomic mass is 9.76. The highest BCUT2D eigenvalue weighted by Crippen LogP contribution is 2.33. The van der Waals surface area contributed by atoms with Gasteiger partial charge in [-0.25, -0.2) is 4.79 Å². The van der Waals surface area contributed by atoms with Crippen LogP contribution < -0.4 is 15.3 Å². The number of carbonyl (C=O) groups is 1. The Hall–Kier alpha value is -2.50. The maximum absolute atomic E-state index is 12.6. The highest BCUT2D eigenvalue weighted by atomic mass is 16.5. The van der Waals surface area contributed by atoms with Crippen LogP contribution in [0.2, 0.25) is 0 Å². The van der Waals surface area contributed by atoms with Crippen molar-refractivity contribution in [3.05, 3.63) is 34.7 Å². The van der Waals surface area contributed by atoms with Crippen molar-refractivity contribution in [1.29, 1.82) is 0 Å². The molecule has 1 atom stereocenters. The van der Waals surface area contributed by atoms with E-state index < -0.39 is 11.0 Å². The Morgan fingerprint density at radius 3 is 2.53 bits per heavy atom. The normalized spacial score (nSPS) is 12.8. The summed E-state index contributed by atoms with van der Waals surface area (Å²) in [5.41, 5.74) is 0.339. The fourth-order valence-corrected chi connectivity index (χ4v) is 3.54. The van der Waals surface area contributed by atoms with Gasteiger partial charge in [0, 0.05) is 31.1 Å². The van der Waals surface area contributed by atoms with E-state index in [-0.39, 0.29) is 11.9 Å². The number of rotatable bonds is 10. The zero-order valence-corrected chi connectivity index (χ0v) is 19.3. The monoisotopic (exact) mass is 417 g/mol. The lowest BCUT2D eigenvalue weighted by Crippen LogP contribution is -2.34. The smallest absolute Gasteiger partial charge is 0.338 e. The summed E-state index contributed by atoms with van der Waals surface area (Å²) in [5, 5.41) is 0.832. The average Bonchev–Trinajstić information content (AvgIpc) is 2.68. The average molecular weight is 418 g/mol. The van der Waals surface area contributed by atoms with Gasteiger partial charge in [-0.2, -0.15) is 0 Å². The maximum Gasteiger partial charge on any atom is 0.338 e. The first-order valence-corrected chi connectivity index (χ1v) is 10.6. The molecule has 1 unspecified atom stereocenters. The predicted octanol–water partition coefficient (Wildman–Crippen LogP) is 4.88. The van der Waals surface area contributed by atoms with Gasteiger partial charge in [0.25, 0.3) is 0 Å². The van der Waals surface area contributed by atoms with Crippen molar-refractivity contribution in [2.75, 3.05) is 32.2 Å². The summed E-state index contributed by atoms with van der Waals surface area (Å²) in [4.78, 5) is 26.5. The molecular formula is C24H35NO5. The highest BCUT2D eigenvalue weighted by Gasteiger charge is 2.35. The second kappa shape index (κ2) is 10.0. The first-order chi connectivity index (χ1) is 14.1. The topological polar surface area (TPSA) is 69.0 Å². The Labute approximate surface area is 179 Å². The third-order valence-electron chi connectivity index (χ3n) is 5.80. The molecular weight excluding hydrogens is 382 g/mol. The van der Waals surface area contributed by atoms with E-state index in [2.05, 4.69) is 20.8 Å². The van der Waals surface area contributed by atoms with Crippen LogP contribution in [0.25, 0.3) is 11.0 Å². The Morgan fingerprint density at radius 2 is 1.90 bits per heavy atom. The second-order valence-corrected chi connectivity index (χ2v) is 8.98. The molecule has 30 heavy (non-hydrogen) atoms. The second-order valence-electron chi connectivity index (χ2n) is 8.98. The molecule has 0 saturated heterocycles. The van der Waals surface area contributed by atoms with Crippen LogP contribution in [0.3, 0.4) is 0 Å². The Morgan fingerprint density at radius 1 is 1.20 bits per heavy atom. The number of methoxy groups -OCH3 is 1. The molecule has 0 aliphatic carbocycles. The molecule has 1 aromatic heterocycles. The maximum atomic E-state index is 12.6. The van der Waals surface area contributed by atoms with E-state index >= 15 is 0 Å². The van der Waals surface area contributed by atoms with Crippen molar-refractivity contribution in [2.24, 2.45) is 17.3 Å². The first kappa shape index (κ1) is 23.8. The van der Waals surface area contributed by atoms with Gasteiger partial charge in [-0.15, -0.1) is 0 Å². The summed E-state index contributed by atoms with van der Waals surface area (Å²) in [5.74, 6) is 1.27. The highest BCUT2D eigenvalue weighted by molar-refractivity contribution is 5.90. The van der Waals surface area contributed by atoms with Crippen LogP contribution >= 0.6 is 0 Å². The molecule has 0 fully saturated rings. The SMILES string of the molecule is COc1ccc2c(N(C)CCCOC(=O)C(C)(C)C(C)CC(C)C)cc(=O)oc2c1. The molecule has 6 nitrogen and oxygen atoms in total. The van der Waals surface area contributed by atoms with E-state index in [0.717, 1.165) is 17.5 Å². The van der Waals surface area contributed by atoms with E-state index in [9.17, 15) is 9.59 Å². The zero-order chi connectivity index (χ0) is 22.5. The summed E-state index contributed by atoms with van der Waals surface area (Å²) < 4.78 is 16.1. The van der Waals surface area contributed by atoms with Crippen LogP contribution in [0, 0.1) is 17.3 Å². The number of carbonyl (C=O) groups excluding carboxylic acids is 1. The van der Waals surface area contributed by atoms with Gasteiger partial charge in [0.05, 0.1) is 24.8 Å². The first-order valence-electron chi connectivity index (χ1n) is 10.6. The van der Waals surface area contributed by atoms with Crippen LogP contribution in [0.15, 0.2) is 33.5 Å². The molecule has 0 bridgehead atoms. The van der Waals surface area contributed by atoms with Gasteiger partial charge in [0.2, 0.25) is 0 Å². The van der Waals surface area contributed by atoms with Crippen molar-refractivity contribution in [3.8, 4) is 5.75 Å². The lowest BCUT2D eigenvalue weighted by Gasteiger charge is -2.30. The molecule has 0 radical (unpaired) electrons. The van der Waals surface area contributed by atoms with E-state index in [0.29, 0.717) is 36.8 Å². The van der Waals surface area contributed by atoms with E-state index in [4.69, 9.17) is 13.9 Å². The number of ether oxygens (including phenoxy) is 2. The molecule has 1 heterocycles. The van der Waals surface area contributed by atoms with Crippen molar-refractivity contribution in [3.63, 3.8) is 0 Å². The van der Waals surface area contributed by atoms with Gasteiger partial charge in [0.1, 0.15) is 11.3 Å². The quantitative estimate of drug-likeness (QED) is 0.312. The summed E-state index contributed by atoms with van der Waals surface area (Å²) >= 11 is 0. The van der Waals surface area contributed by atoms with Gasteiger partial charge in [-0.3, -0.25) is 4.79 Å². The van der Waals surface area contributed by atoms with Crippen LogP contribution in [0.5, 0.6) is 5.75 Å². The van der Waals surface area contributed by atoms with Crippen LogP contribution in [0.1, 0.15) is 47.5 Å². The molecule has 0 amide bonds. The fraction of sp³-hybridized carbons (Fsp3) is 0.583. The fourth-order valence-electron chi connectivity index (χ4n) is 3.54. The van der Waals surface area contributed by atoms with Gasteiger partial charge in [-0.05, 0) is 50.7 Å². The summed E-state index contributed by atoms with van der Waals surface area (Å²) in [7, 11) is 3.48. The zero-order valence-electron chi connectivity index (χ0n) is 19.3. The number of hydrogen-bond donors (Lipinski definition) is 0. The molecule has 0 spiro atoms. The summed E-state index contributed by atoms with van der Waals surface area (Å²) in [6.07, 6.45) is 1.65. The van der Waals surface area contributed by atoms with E-state index in [1.807, 2.05) is 37.9 Å². The van der Waals surface area contributed by atoms with Crippen LogP contribution in [0.4, 0.5) is 5.69 Å². The number of anilines is 1. The van der Waals surface area contributed by atoms with Gasteiger partial charge < -0.3 is 18.8 Å². The molecule has 6 heteroatoms. The molecule has 0 N–H and O–H groups in total. The van der Waals surface area contributed by atoms with Crippen molar-refractivity contribution < 1.29 is 18.7 Å². The minimum absolute atomic E-state index is 0.156. The number of benzene rings is 1. The number of esters is 1. The molecule has 2 aromatic rings. The minimum Gasteiger partial charge on any atom is -0.497 e. The standard InChI is InChI=1S/C24H35NO5/c1-16(2)13-17(3)24(4,5)23(27)29-12-8-11-25(6)20-15-22(26)30-21-14-18(28-7)9-10-19(20)21/h9-10,14-17H,8,11-13H2,1-7H3. The van der Waals surface area contributed by atoms with Gasteiger partial charge in [-0.1, -0.05) is 20.8 Å². The molecule has 2 rings (SSSR count). The third-order valence-corrected chi connectivity index (χ3v) is 5.80. The number of nitrogens with zero attached hydrogens (tertiary/aromatic N) is 1. The van der Waals surface area contributed by atoms with Crippen molar-refractivity contribution in [2.45, 2.75) is 47.5 Å². The van der Waals surface area contributed by atoms with Crippen molar-refractivity contribution in [1.82, 2.24) is 0 Å². The molecule has 0 saturated carbocycles. The minimum atomic E-state index is -0.510. The Bertz CT molecular complexity index is 915. The Kier molecular flexibility index (Phi) is 7.93. The molecule has 1 aromatic carbocycles. The van der Waals surface area contributed by atoms with E-state index in [1.165, 1.54) is 6.07 Å². The van der Waals surface area contributed by atoms with Crippen molar-refractivity contribution >= 4 is 22.6 Å². The number of hydrogen-bond acceptors (Lipinski definition) is 6. The summed E-state index contributed by atoms with van der Waals surface area (Å²) in [6.45, 7) is 11.3. The van der Waals surface area contributed by atoms with E-state index in [1.54, 1.807) is 13.2 Å². The molecule has 166 valence electrons. The summed E-state index contributed by atoms with van der Waals surface area (Å²) in [6, 6.07) is 6.90. The largest absolute Gasteiger partial charge is 0.497 e. The molecule has 0 aliphatic heterocycles. The third kappa shape index (κ3) is 5.77. The van der Waals surface area contributed by atoms with Crippen LogP contribution in [-0.2, 0) is 9.53 Å². The van der Waals surface area contributed by atoms with Gasteiger partial charge in [0.15, 0.2) is 0 Å². The van der Waals surface area contributed by atoms with Gasteiger partial charge >= 0.3 is 11.6 Å². The van der Waals surface area contributed by atoms with Crippen LogP contribution in [-0.4, -0.2) is 33.3 Å². The lowest BCUT2D eigenvalue weighted by molar-refractivity contribution is -0.157. The Balaban J connectivity index is 1.97. The molecule has 0 aliphatic rings. The number of fused-ring (bicyclic) bond motifs is 1. The predicted molar refractivity (Wildman–Crippen MR) is 120 cm³/mol.